The van der Waals surface area contributed by atoms with Crippen molar-refractivity contribution in [2.24, 2.45) is 0 Å². The third-order valence-corrected chi connectivity index (χ3v) is 5.10. The lowest BCUT2D eigenvalue weighted by Crippen LogP contribution is -2.49. The highest BCUT2D eigenvalue weighted by molar-refractivity contribution is 5.96. The molecule has 2 fully saturated rings. The molecule has 1 N–H and O–H groups in total. The number of benzene rings is 1. The number of nitrogens with zero attached hydrogens (tertiary/aromatic N) is 2. The number of hydrogen-bond donors (Lipinski definition) is 1. The van der Waals surface area contributed by atoms with Crippen LogP contribution >= 0.6 is 0 Å². The predicted molar refractivity (Wildman–Crippen MR) is 106 cm³/mol. The Morgan fingerprint density at radius 1 is 1.11 bits per heavy atom. The van der Waals surface area contributed by atoms with E-state index in [0.717, 1.165) is 32.6 Å². The predicted octanol–water partition coefficient (Wildman–Crippen LogP) is 3.73. The van der Waals surface area contributed by atoms with Gasteiger partial charge in [-0.3, -0.25) is 15.0 Å². The molecule has 2 amide bonds. The molecule has 0 saturated carbocycles. The van der Waals surface area contributed by atoms with Gasteiger partial charge in [0, 0.05) is 30.4 Å². The van der Waals surface area contributed by atoms with E-state index in [1.54, 1.807) is 18.2 Å². The number of carbonyl (C=O) groups excluding carboxylic acids is 2. The molecule has 6 heteroatoms. The second kappa shape index (κ2) is 8.30. The quantitative estimate of drug-likeness (QED) is 0.877. The van der Waals surface area contributed by atoms with E-state index in [9.17, 15) is 9.59 Å². The number of nitrogens with one attached hydrogen (secondary N) is 1. The Morgan fingerprint density at radius 3 is 2.56 bits per heavy atom. The van der Waals surface area contributed by atoms with Gasteiger partial charge in [0.2, 0.25) is 0 Å². The van der Waals surface area contributed by atoms with E-state index < -0.39 is 11.7 Å². The molecule has 1 atom stereocenters. The zero-order valence-electron chi connectivity index (χ0n) is 16.7. The Labute approximate surface area is 161 Å². The highest BCUT2D eigenvalue weighted by atomic mass is 16.6. The smallest absolute Gasteiger partial charge is 0.412 e. The Bertz CT molecular complexity index is 677. The maximum absolute atomic E-state index is 13.0. The van der Waals surface area contributed by atoms with Crippen LogP contribution in [-0.4, -0.2) is 59.6 Å². The molecule has 0 radical (unpaired) electrons. The molecule has 2 heterocycles. The minimum atomic E-state index is -0.560. The first kappa shape index (κ1) is 19.7. The summed E-state index contributed by atoms with van der Waals surface area (Å²) in [7, 11) is 0. The molecule has 1 aromatic rings. The lowest BCUT2D eigenvalue weighted by atomic mass is 10.0. The van der Waals surface area contributed by atoms with Crippen molar-refractivity contribution < 1.29 is 14.3 Å². The van der Waals surface area contributed by atoms with Gasteiger partial charge < -0.3 is 9.64 Å². The average Bonchev–Trinajstić information content (AvgIpc) is 3.14. The zero-order valence-corrected chi connectivity index (χ0v) is 16.7. The molecule has 1 unspecified atom stereocenters. The second-order valence-electron chi connectivity index (χ2n) is 8.50. The summed E-state index contributed by atoms with van der Waals surface area (Å²) in [6.07, 6.45) is 4.23. The van der Waals surface area contributed by atoms with Gasteiger partial charge in [-0.25, -0.2) is 4.79 Å². The molecule has 2 aliphatic heterocycles. The maximum atomic E-state index is 13.0. The van der Waals surface area contributed by atoms with Crippen LogP contribution in [0.2, 0.25) is 0 Å². The molecule has 148 valence electrons. The molecule has 3 rings (SSSR count). The van der Waals surface area contributed by atoms with Crippen LogP contribution in [0.5, 0.6) is 0 Å². The first-order valence-electron chi connectivity index (χ1n) is 9.95. The monoisotopic (exact) mass is 373 g/mol. The fraction of sp³-hybridized carbons (Fsp3) is 0.619. The Hall–Kier alpha value is -2.08. The molecule has 2 aliphatic rings. The summed E-state index contributed by atoms with van der Waals surface area (Å²) in [6, 6.07) is 7.58. The first-order chi connectivity index (χ1) is 12.8. The van der Waals surface area contributed by atoms with Gasteiger partial charge in [0.1, 0.15) is 5.60 Å². The van der Waals surface area contributed by atoms with E-state index in [0.29, 0.717) is 17.3 Å². The summed E-state index contributed by atoms with van der Waals surface area (Å²) in [6.45, 7) is 9.36. The van der Waals surface area contributed by atoms with E-state index in [2.05, 4.69) is 10.2 Å². The lowest BCUT2D eigenvalue weighted by Gasteiger charge is -2.37. The number of ether oxygens (including phenoxy) is 1. The van der Waals surface area contributed by atoms with Crippen molar-refractivity contribution in [3.8, 4) is 0 Å². The first-order valence-corrected chi connectivity index (χ1v) is 9.95. The number of anilines is 1. The lowest BCUT2D eigenvalue weighted by molar-refractivity contribution is 0.0604. The third-order valence-electron chi connectivity index (χ3n) is 5.10. The molecule has 6 nitrogen and oxygen atoms in total. The summed E-state index contributed by atoms with van der Waals surface area (Å²) >= 11 is 0. The van der Waals surface area contributed by atoms with Crippen molar-refractivity contribution >= 4 is 17.7 Å². The van der Waals surface area contributed by atoms with Crippen LogP contribution < -0.4 is 5.32 Å². The van der Waals surface area contributed by atoms with Gasteiger partial charge in [-0.15, -0.1) is 0 Å². The van der Waals surface area contributed by atoms with Crippen LogP contribution in [0, 0.1) is 0 Å². The van der Waals surface area contributed by atoms with Crippen LogP contribution in [0.3, 0.4) is 0 Å². The van der Waals surface area contributed by atoms with Gasteiger partial charge in [0.15, 0.2) is 0 Å². The van der Waals surface area contributed by atoms with Gasteiger partial charge in [-0.2, -0.15) is 0 Å². The van der Waals surface area contributed by atoms with Crippen molar-refractivity contribution in [1.82, 2.24) is 9.80 Å². The number of hydrogen-bond acceptors (Lipinski definition) is 4. The normalized spacial score (nSPS) is 21.1. The summed E-state index contributed by atoms with van der Waals surface area (Å²) in [5.41, 5.74) is 0.615. The van der Waals surface area contributed by atoms with E-state index in [1.807, 2.05) is 31.7 Å². The van der Waals surface area contributed by atoms with Crippen LogP contribution in [0.4, 0.5) is 10.5 Å². The minimum Gasteiger partial charge on any atom is -0.444 e. The summed E-state index contributed by atoms with van der Waals surface area (Å²) < 4.78 is 5.28. The van der Waals surface area contributed by atoms with Crippen molar-refractivity contribution in [3.05, 3.63) is 29.8 Å². The molecule has 1 aromatic carbocycles. The van der Waals surface area contributed by atoms with Crippen LogP contribution in [-0.2, 0) is 4.74 Å². The van der Waals surface area contributed by atoms with Crippen LogP contribution in [0.15, 0.2) is 24.3 Å². The number of carbonyl (C=O) groups is 2. The number of piperidine rings is 1. The molecule has 2 saturated heterocycles. The van der Waals surface area contributed by atoms with Crippen LogP contribution in [0.1, 0.15) is 56.8 Å². The van der Waals surface area contributed by atoms with Gasteiger partial charge >= 0.3 is 6.09 Å². The molecule has 0 spiro atoms. The fourth-order valence-corrected chi connectivity index (χ4v) is 3.88. The molecular weight excluding hydrogens is 342 g/mol. The fourth-order valence-electron chi connectivity index (χ4n) is 3.88. The topological polar surface area (TPSA) is 61.9 Å². The van der Waals surface area contributed by atoms with E-state index in [-0.39, 0.29) is 5.91 Å². The van der Waals surface area contributed by atoms with E-state index >= 15 is 0 Å². The Balaban J connectivity index is 1.63. The summed E-state index contributed by atoms with van der Waals surface area (Å²) in [5, 5.41) is 2.71. The zero-order chi connectivity index (χ0) is 19.4. The Kier molecular flexibility index (Phi) is 6.05. The SMILES string of the molecule is CC(C)(C)OC(=O)Nc1cccc(C(=O)N2CCCC(N3CCCC3)C2)c1. The highest BCUT2D eigenvalue weighted by Gasteiger charge is 2.29. The Morgan fingerprint density at radius 2 is 1.85 bits per heavy atom. The molecule has 0 aliphatic carbocycles. The number of amides is 2. The molecule has 0 aromatic heterocycles. The maximum Gasteiger partial charge on any atom is 0.412 e. The molecule has 0 bridgehead atoms. The largest absolute Gasteiger partial charge is 0.444 e. The van der Waals surface area contributed by atoms with Crippen LogP contribution in [0.25, 0.3) is 0 Å². The molecule has 27 heavy (non-hydrogen) atoms. The van der Waals surface area contributed by atoms with Crippen molar-refractivity contribution in [2.45, 2.75) is 58.1 Å². The van der Waals surface area contributed by atoms with E-state index in [1.165, 1.54) is 19.3 Å². The minimum absolute atomic E-state index is 0.0340. The standard InChI is InChI=1S/C21H31N3O3/c1-21(2,3)27-20(26)22-17-9-6-8-16(14-17)19(25)24-13-7-10-18(15-24)23-11-4-5-12-23/h6,8-9,14,18H,4-5,7,10-13,15H2,1-3H3,(H,22,26). The van der Waals surface area contributed by atoms with Gasteiger partial charge in [-0.1, -0.05) is 6.07 Å². The van der Waals surface area contributed by atoms with Crippen molar-refractivity contribution in [1.29, 1.82) is 0 Å². The molecular formula is C21H31N3O3. The number of rotatable bonds is 3. The number of likely N-dealkylation sites (tertiary alicyclic amines) is 2. The summed E-state index contributed by atoms with van der Waals surface area (Å²) in [4.78, 5) is 29.4. The highest BCUT2D eigenvalue weighted by Crippen LogP contribution is 2.22. The summed E-state index contributed by atoms with van der Waals surface area (Å²) in [5.74, 6) is 0.0340. The van der Waals surface area contributed by atoms with Crippen molar-refractivity contribution in [2.75, 3.05) is 31.5 Å². The third kappa shape index (κ3) is 5.45. The van der Waals surface area contributed by atoms with E-state index in [4.69, 9.17) is 4.74 Å². The van der Waals surface area contributed by atoms with Gasteiger partial charge in [0.05, 0.1) is 0 Å². The van der Waals surface area contributed by atoms with Gasteiger partial charge in [0.25, 0.3) is 5.91 Å². The second-order valence-corrected chi connectivity index (χ2v) is 8.50. The van der Waals surface area contributed by atoms with Gasteiger partial charge in [-0.05, 0) is 77.7 Å². The van der Waals surface area contributed by atoms with Crippen molar-refractivity contribution in [3.63, 3.8) is 0 Å². The average molecular weight is 373 g/mol.